The summed E-state index contributed by atoms with van der Waals surface area (Å²) in [5.74, 6) is 0. The third-order valence-corrected chi connectivity index (χ3v) is 3.48. The van der Waals surface area contributed by atoms with E-state index in [2.05, 4.69) is 10.6 Å². The first-order valence-electron chi connectivity index (χ1n) is 6.57. The van der Waals surface area contributed by atoms with Crippen LogP contribution in [0.5, 0.6) is 0 Å². The number of amides is 2. The number of aryl methyl sites for hydroxylation is 1. The van der Waals surface area contributed by atoms with E-state index >= 15 is 0 Å². The highest BCUT2D eigenvalue weighted by Crippen LogP contribution is 2.20. The molecule has 0 saturated heterocycles. The van der Waals surface area contributed by atoms with Crippen LogP contribution in [-0.2, 0) is 0 Å². The second-order valence-electron chi connectivity index (χ2n) is 4.98. The number of anilines is 3. The third-order valence-electron chi connectivity index (χ3n) is 3.07. The molecule has 0 bridgehead atoms. The Hall–Kier alpha value is -2.20. The van der Waals surface area contributed by atoms with E-state index in [9.17, 15) is 4.79 Å². The maximum absolute atomic E-state index is 11.9. The number of nitrogens with zero attached hydrogens (tertiary/aromatic N) is 1. The molecule has 110 valence electrons. The standard InChI is InChI=1S/C16H18ClN3O/c1-11-4-5-13(10-15(11)17)19-16(21)18-12-6-8-14(9-7-12)20(2)3/h4-10H,1-3H3,(H2,18,19,21). The molecule has 2 N–H and O–H groups in total. The molecule has 0 fully saturated rings. The van der Waals surface area contributed by atoms with Crippen molar-refractivity contribution in [1.29, 1.82) is 0 Å². The maximum Gasteiger partial charge on any atom is 0.323 e. The van der Waals surface area contributed by atoms with Gasteiger partial charge in [-0.25, -0.2) is 4.79 Å². The van der Waals surface area contributed by atoms with Crippen LogP contribution in [0, 0.1) is 6.92 Å². The van der Waals surface area contributed by atoms with E-state index in [1.165, 1.54) is 0 Å². The molecule has 0 radical (unpaired) electrons. The molecular formula is C16H18ClN3O. The number of halogens is 1. The number of benzene rings is 2. The quantitative estimate of drug-likeness (QED) is 0.885. The van der Waals surface area contributed by atoms with Crippen molar-refractivity contribution in [2.24, 2.45) is 0 Å². The molecule has 0 aliphatic carbocycles. The molecule has 0 unspecified atom stereocenters. The summed E-state index contributed by atoms with van der Waals surface area (Å²) in [5.41, 5.74) is 3.44. The van der Waals surface area contributed by atoms with Gasteiger partial charge in [0, 0.05) is 36.2 Å². The van der Waals surface area contributed by atoms with E-state index in [1.54, 1.807) is 6.07 Å². The van der Waals surface area contributed by atoms with Gasteiger partial charge in [0.1, 0.15) is 0 Å². The van der Waals surface area contributed by atoms with Crippen LogP contribution in [0.4, 0.5) is 21.9 Å². The van der Waals surface area contributed by atoms with Gasteiger partial charge in [-0.3, -0.25) is 0 Å². The van der Waals surface area contributed by atoms with Gasteiger partial charge in [0.25, 0.3) is 0 Å². The SMILES string of the molecule is Cc1ccc(NC(=O)Nc2ccc(N(C)C)cc2)cc1Cl. The third kappa shape index (κ3) is 4.13. The Bertz CT molecular complexity index is 638. The van der Waals surface area contributed by atoms with Gasteiger partial charge in [-0.1, -0.05) is 17.7 Å². The number of carbonyl (C=O) groups excluding carboxylic acids is 1. The molecule has 0 aromatic heterocycles. The normalized spacial score (nSPS) is 10.1. The second kappa shape index (κ2) is 6.50. The van der Waals surface area contributed by atoms with Crippen LogP contribution in [0.1, 0.15) is 5.56 Å². The number of hydrogen-bond acceptors (Lipinski definition) is 2. The number of nitrogens with one attached hydrogen (secondary N) is 2. The van der Waals surface area contributed by atoms with E-state index in [-0.39, 0.29) is 6.03 Å². The predicted octanol–water partition coefficient (Wildman–Crippen LogP) is 4.36. The molecule has 2 amide bonds. The molecule has 2 aromatic carbocycles. The van der Waals surface area contributed by atoms with Crippen LogP contribution in [0.25, 0.3) is 0 Å². The van der Waals surface area contributed by atoms with Crippen molar-refractivity contribution in [3.8, 4) is 0 Å². The molecule has 0 spiro atoms. The molecule has 21 heavy (non-hydrogen) atoms. The highest BCUT2D eigenvalue weighted by molar-refractivity contribution is 6.31. The minimum Gasteiger partial charge on any atom is -0.378 e. The lowest BCUT2D eigenvalue weighted by atomic mass is 10.2. The Labute approximate surface area is 129 Å². The van der Waals surface area contributed by atoms with Crippen LogP contribution < -0.4 is 15.5 Å². The first-order valence-corrected chi connectivity index (χ1v) is 6.95. The van der Waals surface area contributed by atoms with Gasteiger partial charge in [-0.15, -0.1) is 0 Å². The summed E-state index contributed by atoms with van der Waals surface area (Å²) in [4.78, 5) is 13.9. The van der Waals surface area contributed by atoms with Crippen LogP contribution in [0.3, 0.4) is 0 Å². The molecule has 5 heteroatoms. The Morgan fingerprint density at radius 2 is 1.57 bits per heavy atom. The first kappa shape index (κ1) is 15.2. The number of hydrogen-bond donors (Lipinski definition) is 2. The largest absolute Gasteiger partial charge is 0.378 e. The molecule has 0 aliphatic rings. The average Bonchev–Trinajstić information content (AvgIpc) is 2.43. The lowest BCUT2D eigenvalue weighted by Gasteiger charge is -2.13. The summed E-state index contributed by atoms with van der Waals surface area (Å²) in [7, 11) is 3.94. The Morgan fingerprint density at radius 3 is 2.14 bits per heavy atom. The fourth-order valence-corrected chi connectivity index (χ4v) is 1.99. The average molecular weight is 304 g/mol. The monoisotopic (exact) mass is 303 g/mol. The summed E-state index contributed by atoms with van der Waals surface area (Å²) in [6.07, 6.45) is 0. The summed E-state index contributed by atoms with van der Waals surface area (Å²) in [6.45, 7) is 1.92. The van der Waals surface area contributed by atoms with Gasteiger partial charge in [-0.05, 0) is 48.9 Å². The van der Waals surface area contributed by atoms with Crippen molar-refractivity contribution >= 4 is 34.7 Å². The topological polar surface area (TPSA) is 44.4 Å². The molecule has 0 heterocycles. The highest BCUT2D eigenvalue weighted by atomic mass is 35.5. The van der Waals surface area contributed by atoms with Crippen LogP contribution in [0.15, 0.2) is 42.5 Å². The number of carbonyl (C=O) groups is 1. The summed E-state index contributed by atoms with van der Waals surface area (Å²) in [6, 6.07) is 12.7. The number of urea groups is 1. The predicted molar refractivity (Wildman–Crippen MR) is 89.6 cm³/mol. The Kier molecular flexibility index (Phi) is 4.70. The first-order chi connectivity index (χ1) is 9.95. The second-order valence-corrected chi connectivity index (χ2v) is 5.39. The zero-order valence-electron chi connectivity index (χ0n) is 12.3. The molecular weight excluding hydrogens is 286 g/mol. The molecule has 4 nitrogen and oxygen atoms in total. The van der Waals surface area contributed by atoms with Crippen molar-refractivity contribution in [1.82, 2.24) is 0 Å². The van der Waals surface area contributed by atoms with E-state index in [0.29, 0.717) is 10.7 Å². The van der Waals surface area contributed by atoms with Crippen molar-refractivity contribution < 1.29 is 4.79 Å². The minimum absolute atomic E-state index is 0.299. The zero-order valence-corrected chi connectivity index (χ0v) is 13.0. The lowest BCUT2D eigenvalue weighted by Crippen LogP contribution is -2.19. The van der Waals surface area contributed by atoms with Gasteiger partial charge < -0.3 is 15.5 Å². The van der Waals surface area contributed by atoms with Gasteiger partial charge in [0.05, 0.1) is 0 Å². The zero-order chi connectivity index (χ0) is 15.4. The van der Waals surface area contributed by atoms with Crippen molar-refractivity contribution in [3.05, 3.63) is 53.1 Å². The van der Waals surface area contributed by atoms with Crippen LogP contribution >= 0.6 is 11.6 Å². The van der Waals surface area contributed by atoms with Crippen molar-refractivity contribution in [2.45, 2.75) is 6.92 Å². The van der Waals surface area contributed by atoms with E-state index < -0.39 is 0 Å². The molecule has 0 saturated carbocycles. The smallest absolute Gasteiger partial charge is 0.323 e. The van der Waals surface area contributed by atoms with E-state index in [1.807, 2.05) is 62.3 Å². The maximum atomic E-state index is 11.9. The highest BCUT2D eigenvalue weighted by Gasteiger charge is 2.04. The molecule has 0 aliphatic heterocycles. The molecule has 2 aromatic rings. The fourth-order valence-electron chi connectivity index (χ4n) is 1.81. The molecule has 2 rings (SSSR count). The van der Waals surface area contributed by atoms with Crippen molar-refractivity contribution in [2.75, 3.05) is 29.6 Å². The summed E-state index contributed by atoms with van der Waals surface area (Å²) < 4.78 is 0. The van der Waals surface area contributed by atoms with Crippen LogP contribution in [0.2, 0.25) is 5.02 Å². The van der Waals surface area contributed by atoms with Gasteiger partial charge in [-0.2, -0.15) is 0 Å². The fraction of sp³-hybridized carbons (Fsp3) is 0.188. The number of rotatable bonds is 3. The lowest BCUT2D eigenvalue weighted by molar-refractivity contribution is 0.262. The Morgan fingerprint density at radius 1 is 1.00 bits per heavy atom. The van der Waals surface area contributed by atoms with Crippen LogP contribution in [-0.4, -0.2) is 20.1 Å². The summed E-state index contributed by atoms with van der Waals surface area (Å²) >= 11 is 6.03. The van der Waals surface area contributed by atoms with E-state index in [4.69, 9.17) is 11.6 Å². The Balaban J connectivity index is 1.99. The van der Waals surface area contributed by atoms with Gasteiger partial charge in [0.2, 0.25) is 0 Å². The van der Waals surface area contributed by atoms with Gasteiger partial charge >= 0.3 is 6.03 Å². The summed E-state index contributed by atoms with van der Waals surface area (Å²) in [5, 5.41) is 6.16. The minimum atomic E-state index is -0.299. The van der Waals surface area contributed by atoms with Gasteiger partial charge in [0.15, 0.2) is 0 Å². The van der Waals surface area contributed by atoms with Crippen molar-refractivity contribution in [3.63, 3.8) is 0 Å². The van der Waals surface area contributed by atoms with E-state index in [0.717, 1.165) is 16.9 Å². The molecule has 0 atom stereocenters.